The molecule has 0 heterocycles. The van der Waals surface area contributed by atoms with E-state index in [2.05, 4.69) is 0 Å². The van der Waals surface area contributed by atoms with Gasteiger partial charge in [-0.2, -0.15) is 0 Å². The minimum atomic E-state index is -0.707. The lowest BCUT2D eigenvalue weighted by molar-refractivity contribution is -0.151. The summed E-state index contributed by atoms with van der Waals surface area (Å²) in [4.78, 5) is 11.7. The molecule has 0 aromatic heterocycles. The average Bonchev–Trinajstić information content (AvgIpc) is 2.44. The Labute approximate surface area is 113 Å². The quantitative estimate of drug-likeness (QED) is 0.765. The number of rotatable bonds is 7. The Bertz CT molecular complexity index is 394. The lowest BCUT2D eigenvalue weighted by Crippen LogP contribution is -2.29. The number of para-hydroxylation sites is 1. The molecule has 0 spiro atoms. The summed E-state index contributed by atoms with van der Waals surface area (Å²) in [6.45, 7) is 3.69. The monoisotopic (exact) mass is 268 g/mol. The summed E-state index contributed by atoms with van der Waals surface area (Å²) in [6.07, 6.45) is -0.233. The summed E-state index contributed by atoms with van der Waals surface area (Å²) in [7, 11) is 1.51. The van der Waals surface area contributed by atoms with Gasteiger partial charge in [0.2, 0.25) is 0 Å². The first-order valence-electron chi connectivity index (χ1n) is 6.27. The van der Waals surface area contributed by atoms with E-state index in [4.69, 9.17) is 14.2 Å². The van der Waals surface area contributed by atoms with E-state index in [1.54, 1.807) is 25.1 Å². The molecule has 0 saturated heterocycles. The molecular weight excluding hydrogens is 248 g/mol. The van der Waals surface area contributed by atoms with E-state index in [0.29, 0.717) is 30.1 Å². The van der Waals surface area contributed by atoms with Crippen molar-refractivity contribution in [2.24, 2.45) is 0 Å². The molecule has 1 rings (SSSR count). The zero-order valence-electron chi connectivity index (χ0n) is 11.5. The van der Waals surface area contributed by atoms with Gasteiger partial charge in [0.1, 0.15) is 0 Å². The molecule has 5 nitrogen and oxygen atoms in total. The maximum Gasteiger partial charge on any atom is 0.347 e. The van der Waals surface area contributed by atoms with Gasteiger partial charge in [0.25, 0.3) is 0 Å². The average molecular weight is 268 g/mol. The van der Waals surface area contributed by atoms with Gasteiger partial charge in [-0.3, -0.25) is 0 Å². The first-order valence-corrected chi connectivity index (χ1v) is 6.27. The predicted octanol–water partition coefficient (Wildman–Crippen LogP) is 1.91. The molecule has 0 radical (unpaired) electrons. The molecule has 1 aromatic carbocycles. The number of aliphatic hydroxyl groups is 1. The van der Waals surface area contributed by atoms with Crippen LogP contribution in [0.4, 0.5) is 0 Å². The molecule has 1 unspecified atom stereocenters. The normalized spacial score (nSPS) is 11.8. The van der Waals surface area contributed by atoms with E-state index in [1.807, 2.05) is 6.92 Å². The van der Waals surface area contributed by atoms with Crippen LogP contribution >= 0.6 is 0 Å². The first kappa shape index (κ1) is 15.3. The van der Waals surface area contributed by atoms with Crippen molar-refractivity contribution in [1.82, 2.24) is 0 Å². The Morgan fingerprint density at radius 2 is 2.11 bits per heavy atom. The van der Waals surface area contributed by atoms with E-state index in [0.717, 1.165) is 0 Å². The number of carbonyl (C=O) groups excluding carboxylic acids is 1. The fraction of sp³-hybridized carbons (Fsp3) is 0.500. The highest BCUT2D eigenvalue weighted by Crippen LogP contribution is 2.32. The van der Waals surface area contributed by atoms with E-state index in [-0.39, 0.29) is 6.61 Å². The number of carbonyl (C=O) groups is 1. The van der Waals surface area contributed by atoms with Gasteiger partial charge in [-0.25, -0.2) is 4.79 Å². The fourth-order valence-corrected chi connectivity index (χ4v) is 1.66. The highest BCUT2D eigenvalue weighted by Gasteiger charge is 2.22. The minimum Gasteiger partial charge on any atom is -0.493 e. The van der Waals surface area contributed by atoms with Crippen LogP contribution in [0.5, 0.6) is 11.5 Å². The second-order valence-electron chi connectivity index (χ2n) is 3.87. The molecule has 0 aliphatic heterocycles. The summed E-state index contributed by atoms with van der Waals surface area (Å²) in [6, 6.07) is 5.19. The SMILES string of the molecule is CCOC(=O)C(CC)Oc1c(CO)cccc1OC. The maximum atomic E-state index is 11.7. The molecule has 1 aromatic rings. The molecule has 5 heteroatoms. The largest absolute Gasteiger partial charge is 0.493 e. The standard InChI is InChI=1S/C14H20O5/c1-4-11(14(16)18-5-2)19-13-10(9-15)7-6-8-12(13)17-3/h6-8,11,15H,4-5,9H2,1-3H3. The van der Waals surface area contributed by atoms with Gasteiger partial charge in [0.15, 0.2) is 17.6 Å². The zero-order valence-corrected chi connectivity index (χ0v) is 11.5. The number of benzene rings is 1. The molecule has 1 N–H and O–H groups in total. The molecule has 0 bridgehead atoms. The molecule has 0 aliphatic rings. The van der Waals surface area contributed by atoms with Crippen molar-refractivity contribution in [1.29, 1.82) is 0 Å². The third-order valence-electron chi connectivity index (χ3n) is 2.63. The number of hydrogen-bond donors (Lipinski definition) is 1. The Morgan fingerprint density at radius 1 is 1.37 bits per heavy atom. The summed E-state index contributed by atoms with van der Waals surface area (Å²) in [5.74, 6) is 0.446. The van der Waals surface area contributed by atoms with Gasteiger partial charge in [0, 0.05) is 5.56 Å². The lowest BCUT2D eigenvalue weighted by atomic mass is 10.2. The molecule has 19 heavy (non-hydrogen) atoms. The Morgan fingerprint density at radius 3 is 2.63 bits per heavy atom. The van der Waals surface area contributed by atoms with Crippen molar-refractivity contribution in [3.05, 3.63) is 23.8 Å². The Hall–Kier alpha value is -1.75. The number of aliphatic hydroxyl groups excluding tert-OH is 1. The smallest absolute Gasteiger partial charge is 0.347 e. The van der Waals surface area contributed by atoms with Crippen molar-refractivity contribution in [3.8, 4) is 11.5 Å². The second kappa shape index (κ2) is 7.63. The van der Waals surface area contributed by atoms with Crippen LogP contribution in [0.3, 0.4) is 0 Å². The van der Waals surface area contributed by atoms with Crippen LogP contribution in [0.15, 0.2) is 18.2 Å². The summed E-state index contributed by atoms with van der Waals surface area (Å²) >= 11 is 0. The summed E-state index contributed by atoms with van der Waals surface area (Å²) < 4.78 is 15.8. The number of methoxy groups -OCH3 is 1. The van der Waals surface area contributed by atoms with E-state index in [9.17, 15) is 9.90 Å². The van der Waals surface area contributed by atoms with Crippen LogP contribution in [-0.2, 0) is 16.1 Å². The van der Waals surface area contributed by atoms with E-state index >= 15 is 0 Å². The lowest BCUT2D eigenvalue weighted by Gasteiger charge is -2.19. The van der Waals surface area contributed by atoms with Crippen molar-refractivity contribution in [3.63, 3.8) is 0 Å². The van der Waals surface area contributed by atoms with Crippen molar-refractivity contribution >= 4 is 5.97 Å². The number of ether oxygens (including phenoxy) is 3. The summed E-state index contributed by atoms with van der Waals surface area (Å²) in [5, 5.41) is 9.31. The number of hydrogen-bond acceptors (Lipinski definition) is 5. The van der Waals surface area contributed by atoms with Crippen LogP contribution in [0.1, 0.15) is 25.8 Å². The molecule has 0 fully saturated rings. The van der Waals surface area contributed by atoms with Crippen molar-refractivity contribution in [2.75, 3.05) is 13.7 Å². The van der Waals surface area contributed by atoms with E-state index in [1.165, 1.54) is 7.11 Å². The van der Waals surface area contributed by atoms with Crippen molar-refractivity contribution in [2.45, 2.75) is 33.0 Å². The molecule has 0 aliphatic carbocycles. The predicted molar refractivity (Wildman–Crippen MR) is 70.3 cm³/mol. The van der Waals surface area contributed by atoms with Crippen LogP contribution in [-0.4, -0.2) is 30.9 Å². The third-order valence-corrected chi connectivity index (χ3v) is 2.63. The highest BCUT2D eigenvalue weighted by atomic mass is 16.6. The third kappa shape index (κ3) is 3.86. The summed E-state index contributed by atoms with van der Waals surface area (Å²) in [5.41, 5.74) is 0.571. The van der Waals surface area contributed by atoms with Crippen molar-refractivity contribution < 1.29 is 24.1 Å². The molecule has 0 saturated carbocycles. The molecular formula is C14H20O5. The van der Waals surface area contributed by atoms with Gasteiger partial charge in [0.05, 0.1) is 20.3 Å². The highest BCUT2D eigenvalue weighted by molar-refractivity contribution is 5.75. The van der Waals surface area contributed by atoms with Gasteiger partial charge < -0.3 is 19.3 Å². The maximum absolute atomic E-state index is 11.7. The van der Waals surface area contributed by atoms with Crippen LogP contribution in [0, 0.1) is 0 Å². The fourth-order valence-electron chi connectivity index (χ4n) is 1.66. The molecule has 1 atom stereocenters. The van der Waals surface area contributed by atoms with Gasteiger partial charge in [-0.15, -0.1) is 0 Å². The minimum absolute atomic E-state index is 0.189. The van der Waals surface area contributed by atoms with Crippen LogP contribution in [0.25, 0.3) is 0 Å². The molecule has 106 valence electrons. The molecule has 0 amide bonds. The van der Waals surface area contributed by atoms with Gasteiger partial charge in [-0.1, -0.05) is 19.1 Å². The topological polar surface area (TPSA) is 65.0 Å². The Kier molecular flexibility index (Phi) is 6.15. The van der Waals surface area contributed by atoms with Gasteiger partial charge >= 0.3 is 5.97 Å². The first-order chi connectivity index (χ1) is 9.17. The van der Waals surface area contributed by atoms with E-state index < -0.39 is 12.1 Å². The number of esters is 1. The van der Waals surface area contributed by atoms with Crippen LogP contribution < -0.4 is 9.47 Å². The zero-order chi connectivity index (χ0) is 14.3. The van der Waals surface area contributed by atoms with Gasteiger partial charge in [-0.05, 0) is 19.4 Å². The van der Waals surface area contributed by atoms with Crippen LogP contribution in [0.2, 0.25) is 0 Å². The second-order valence-corrected chi connectivity index (χ2v) is 3.87. The Balaban J connectivity index is 2.98.